The Kier molecular flexibility index (Phi) is 7.55. The number of carbonyl (C=O) groups is 1. The Bertz CT molecular complexity index is 1640. The second kappa shape index (κ2) is 10.9. The normalized spacial score (nSPS) is 15.6. The summed E-state index contributed by atoms with van der Waals surface area (Å²) in [6.07, 6.45) is 2.65. The van der Waals surface area contributed by atoms with Gasteiger partial charge in [-0.2, -0.15) is 0 Å². The van der Waals surface area contributed by atoms with Crippen LogP contribution in [0.5, 0.6) is 0 Å². The van der Waals surface area contributed by atoms with Crippen molar-refractivity contribution in [1.29, 1.82) is 0 Å². The molecule has 0 aliphatic carbocycles. The Morgan fingerprint density at radius 1 is 1.18 bits per heavy atom. The van der Waals surface area contributed by atoms with Crippen LogP contribution in [0.3, 0.4) is 0 Å². The van der Waals surface area contributed by atoms with Gasteiger partial charge in [0.2, 0.25) is 5.95 Å². The number of nitrogens with one attached hydrogen (secondary N) is 2. The highest BCUT2D eigenvalue weighted by atomic mass is 35.5. The lowest BCUT2D eigenvalue weighted by molar-refractivity contribution is 0.0980. The third-order valence-corrected chi connectivity index (χ3v) is 7.89. The fourth-order valence-corrected chi connectivity index (χ4v) is 5.78. The van der Waals surface area contributed by atoms with Crippen molar-refractivity contribution < 1.29 is 4.79 Å². The zero-order valence-electron chi connectivity index (χ0n) is 22.6. The monoisotopic (exact) mass is 562 g/mol. The molecule has 4 aromatic rings. The van der Waals surface area contributed by atoms with Crippen molar-refractivity contribution in [3.05, 3.63) is 92.0 Å². The summed E-state index contributed by atoms with van der Waals surface area (Å²) in [6, 6.07) is 15.5. The Hall–Kier alpha value is -3.56. The first-order valence-corrected chi connectivity index (χ1v) is 14.4. The second-order valence-electron chi connectivity index (χ2n) is 9.88. The van der Waals surface area contributed by atoms with E-state index >= 15 is 0 Å². The number of fused-ring (bicyclic) bond motifs is 2. The minimum atomic E-state index is -0.345. The summed E-state index contributed by atoms with van der Waals surface area (Å²) < 4.78 is 4.36. The van der Waals surface area contributed by atoms with Crippen molar-refractivity contribution in [1.82, 2.24) is 19.3 Å². The van der Waals surface area contributed by atoms with Gasteiger partial charge in [0.15, 0.2) is 5.69 Å². The van der Waals surface area contributed by atoms with Crippen LogP contribution in [-0.2, 0) is 13.5 Å². The number of rotatable bonds is 6. The van der Waals surface area contributed by atoms with Gasteiger partial charge >= 0.3 is 0 Å². The molecule has 0 fully saturated rings. The molecule has 202 valence electrons. The Morgan fingerprint density at radius 3 is 2.72 bits per heavy atom. The van der Waals surface area contributed by atoms with E-state index in [-0.39, 0.29) is 34.4 Å². The first kappa shape index (κ1) is 27.0. The van der Waals surface area contributed by atoms with E-state index in [1.165, 1.54) is 23.1 Å². The summed E-state index contributed by atoms with van der Waals surface area (Å²) in [6.45, 7) is 6.87. The fraction of sp³-hybridized carbons (Fsp3) is 0.310. The number of aryl methyl sites for hydroxylation is 1. The SMILES string of the molecule is CSNC(=O)c1nc(Cl)ccc1NC(C)c1cc(C)cc2c(=O)n(C)c(N3CCc4ccccc4C3C)nc12. The quantitative estimate of drug-likeness (QED) is 0.233. The highest BCUT2D eigenvalue weighted by Crippen LogP contribution is 2.34. The van der Waals surface area contributed by atoms with E-state index in [1.807, 2.05) is 26.0 Å². The van der Waals surface area contributed by atoms with E-state index in [4.69, 9.17) is 16.6 Å². The van der Waals surface area contributed by atoms with Gasteiger partial charge in [-0.25, -0.2) is 9.97 Å². The summed E-state index contributed by atoms with van der Waals surface area (Å²) in [5.74, 6) is 0.294. The van der Waals surface area contributed by atoms with Gasteiger partial charge in [-0.1, -0.05) is 53.9 Å². The lowest BCUT2D eigenvalue weighted by atomic mass is 9.94. The van der Waals surface area contributed by atoms with Gasteiger partial charge in [0, 0.05) is 25.4 Å². The number of aromatic nitrogens is 3. The van der Waals surface area contributed by atoms with Crippen molar-refractivity contribution in [2.75, 3.05) is 23.0 Å². The first-order chi connectivity index (χ1) is 18.7. The van der Waals surface area contributed by atoms with Gasteiger partial charge in [-0.3, -0.25) is 18.9 Å². The van der Waals surface area contributed by atoms with Crippen LogP contribution in [0.25, 0.3) is 10.9 Å². The maximum atomic E-state index is 13.7. The van der Waals surface area contributed by atoms with Crippen LogP contribution in [0.4, 0.5) is 11.6 Å². The van der Waals surface area contributed by atoms with Crippen LogP contribution in [0.2, 0.25) is 5.15 Å². The predicted molar refractivity (Wildman–Crippen MR) is 160 cm³/mol. The molecule has 1 amide bonds. The molecule has 39 heavy (non-hydrogen) atoms. The molecule has 2 aromatic heterocycles. The average Bonchev–Trinajstić information content (AvgIpc) is 2.92. The molecule has 2 N–H and O–H groups in total. The molecule has 0 bridgehead atoms. The number of hydrogen-bond donors (Lipinski definition) is 2. The Labute approximate surface area is 236 Å². The van der Waals surface area contributed by atoms with Crippen molar-refractivity contribution in [3.8, 4) is 0 Å². The molecule has 2 aromatic carbocycles. The van der Waals surface area contributed by atoms with Gasteiger partial charge in [0.05, 0.1) is 28.7 Å². The van der Waals surface area contributed by atoms with Crippen LogP contribution in [-0.4, -0.2) is 33.2 Å². The molecule has 0 saturated carbocycles. The molecule has 0 radical (unpaired) electrons. The maximum Gasteiger partial charge on any atom is 0.281 e. The van der Waals surface area contributed by atoms with Crippen LogP contribution in [0.15, 0.2) is 53.3 Å². The maximum absolute atomic E-state index is 13.7. The smallest absolute Gasteiger partial charge is 0.281 e. The van der Waals surface area contributed by atoms with Crippen molar-refractivity contribution in [3.63, 3.8) is 0 Å². The zero-order valence-corrected chi connectivity index (χ0v) is 24.2. The standard InChI is InChI=1S/C29H31ClN6O2S/c1-16-14-21(17(2)31-23-10-11-24(30)32-26(23)27(37)34-39-5)25-22(15-16)28(38)35(4)29(33-25)36-13-12-19-8-6-7-9-20(19)18(36)3/h6-11,14-15,17-18,31H,12-13H2,1-5H3,(H,34,37). The number of benzene rings is 2. The summed E-state index contributed by atoms with van der Waals surface area (Å²) in [5.41, 5.74) is 5.69. The molecular weight excluding hydrogens is 532 g/mol. The first-order valence-electron chi connectivity index (χ1n) is 12.8. The van der Waals surface area contributed by atoms with E-state index in [2.05, 4.69) is 51.1 Å². The average molecular weight is 563 g/mol. The number of anilines is 2. The van der Waals surface area contributed by atoms with Gasteiger partial charge in [0.1, 0.15) is 5.15 Å². The van der Waals surface area contributed by atoms with Crippen molar-refractivity contribution >= 4 is 52.0 Å². The number of hydrogen-bond acceptors (Lipinski definition) is 7. The molecular formula is C29H31ClN6O2S. The highest BCUT2D eigenvalue weighted by molar-refractivity contribution is 7.97. The topological polar surface area (TPSA) is 92.2 Å². The van der Waals surface area contributed by atoms with Gasteiger partial charge < -0.3 is 10.2 Å². The number of halogens is 1. The third kappa shape index (κ3) is 5.08. The van der Waals surface area contributed by atoms with Crippen molar-refractivity contribution in [2.24, 2.45) is 7.05 Å². The lowest BCUT2D eigenvalue weighted by Crippen LogP contribution is -2.38. The summed E-state index contributed by atoms with van der Waals surface area (Å²) in [4.78, 5) is 37.9. The van der Waals surface area contributed by atoms with Crippen molar-refractivity contribution in [2.45, 2.75) is 39.3 Å². The minimum Gasteiger partial charge on any atom is -0.377 e. The zero-order chi connectivity index (χ0) is 27.8. The van der Waals surface area contributed by atoms with Crippen LogP contribution < -0.4 is 20.5 Å². The Balaban J connectivity index is 1.59. The molecule has 10 heteroatoms. The number of nitrogens with zero attached hydrogens (tertiary/aromatic N) is 4. The molecule has 8 nitrogen and oxygen atoms in total. The summed E-state index contributed by atoms with van der Waals surface area (Å²) in [7, 11) is 1.79. The summed E-state index contributed by atoms with van der Waals surface area (Å²) in [5, 5.41) is 4.20. The van der Waals surface area contributed by atoms with E-state index < -0.39 is 0 Å². The van der Waals surface area contributed by atoms with E-state index in [0.29, 0.717) is 22.5 Å². The van der Waals surface area contributed by atoms with E-state index in [9.17, 15) is 9.59 Å². The fourth-order valence-electron chi connectivity index (χ4n) is 5.35. The molecule has 1 aliphatic rings. The largest absolute Gasteiger partial charge is 0.377 e. The van der Waals surface area contributed by atoms with Crippen LogP contribution in [0.1, 0.15) is 58.7 Å². The second-order valence-corrected chi connectivity index (χ2v) is 10.9. The van der Waals surface area contributed by atoms with Gasteiger partial charge in [-0.15, -0.1) is 0 Å². The molecule has 2 atom stereocenters. The number of pyridine rings is 1. The van der Waals surface area contributed by atoms with E-state index in [1.54, 1.807) is 30.0 Å². The van der Waals surface area contributed by atoms with Crippen LogP contribution >= 0.6 is 23.5 Å². The summed E-state index contributed by atoms with van der Waals surface area (Å²) >= 11 is 7.29. The molecule has 0 spiro atoms. The lowest BCUT2D eigenvalue weighted by Gasteiger charge is -2.37. The van der Waals surface area contributed by atoms with Gasteiger partial charge in [0.25, 0.3) is 11.5 Å². The molecule has 1 aliphatic heterocycles. The molecule has 2 unspecified atom stereocenters. The van der Waals surface area contributed by atoms with Gasteiger partial charge in [-0.05, 0) is 62.1 Å². The molecule has 3 heterocycles. The number of amides is 1. The minimum absolute atomic E-state index is 0.0765. The van der Waals surface area contributed by atoms with Crippen LogP contribution in [0, 0.1) is 6.92 Å². The Morgan fingerprint density at radius 2 is 1.95 bits per heavy atom. The van der Waals surface area contributed by atoms with E-state index in [0.717, 1.165) is 24.1 Å². The molecule has 0 saturated heterocycles. The number of carbonyl (C=O) groups excluding carboxylic acids is 1. The highest BCUT2D eigenvalue weighted by Gasteiger charge is 2.28. The molecule has 5 rings (SSSR count). The third-order valence-electron chi connectivity index (χ3n) is 7.29. The predicted octanol–water partition coefficient (Wildman–Crippen LogP) is 5.59.